The molecule has 0 saturated carbocycles. The first-order valence-corrected chi connectivity index (χ1v) is 10.5. The van der Waals surface area contributed by atoms with Crippen LogP contribution in [0.3, 0.4) is 0 Å². The lowest BCUT2D eigenvalue weighted by molar-refractivity contribution is -0.137. The predicted molar refractivity (Wildman–Crippen MR) is 116 cm³/mol. The molecule has 0 atom stereocenters. The smallest absolute Gasteiger partial charge is 0.379 e. The standard InChI is InChI=1S/C21H26F3N7O/c1-14(2)31-13-26-17-18(25-7-8-30-9-11-32-12-10-30)28-20(29-19(17)31)27-16-5-3-15(4-6-16)21(22,23)24/h3-6,13-14H,7-12H2,1-2H3,(H2,25,27,28,29). The van der Waals surface area contributed by atoms with Gasteiger partial charge >= 0.3 is 6.18 Å². The SMILES string of the molecule is CC(C)n1cnc2c(NCCN3CCOCC3)nc(Nc3ccc(C(F)(F)F)cc3)nc21. The third kappa shape index (κ3) is 5.10. The number of anilines is 3. The average molecular weight is 449 g/mol. The monoisotopic (exact) mass is 449 g/mol. The van der Waals surface area contributed by atoms with Gasteiger partial charge in [0.15, 0.2) is 17.0 Å². The van der Waals surface area contributed by atoms with Crippen LogP contribution in [0.4, 0.5) is 30.6 Å². The number of hydrogen-bond acceptors (Lipinski definition) is 7. The van der Waals surface area contributed by atoms with Crippen molar-refractivity contribution in [3.8, 4) is 0 Å². The van der Waals surface area contributed by atoms with Crippen molar-refractivity contribution in [1.29, 1.82) is 0 Å². The van der Waals surface area contributed by atoms with E-state index >= 15 is 0 Å². The molecule has 172 valence electrons. The van der Waals surface area contributed by atoms with Crippen LogP contribution < -0.4 is 10.6 Å². The van der Waals surface area contributed by atoms with Crippen LogP contribution in [0.15, 0.2) is 30.6 Å². The highest BCUT2D eigenvalue weighted by molar-refractivity contribution is 5.84. The van der Waals surface area contributed by atoms with Crippen LogP contribution in [0.1, 0.15) is 25.5 Å². The zero-order valence-corrected chi connectivity index (χ0v) is 18.0. The molecular weight excluding hydrogens is 423 g/mol. The Kier molecular flexibility index (Phi) is 6.47. The number of morpholine rings is 1. The molecule has 0 spiro atoms. The minimum atomic E-state index is -4.38. The number of halogens is 3. The minimum absolute atomic E-state index is 0.134. The van der Waals surface area contributed by atoms with Crippen molar-refractivity contribution in [2.75, 3.05) is 50.0 Å². The minimum Gasteiger partial charge on any atom is -0.379 e. The molecule has 1 aliphatic rings. The number of fused-ring (bicyclic) bond motifs is 1. The van der Waals surface area contributed by atoms with Crippen LogP contribution >= 0.6 is 0 Å². The topological polar surface area (TPSA) is 80.1 Å². The van der Waals surface area contributed by atoms with E-state index in [4.69, 9.17) is 4.74 Å². The van der Waals surface area contributed by atoms with Crippen molar-refractivity contribution in [2.45, 2.75) is 26.1 Å². The second kappa shape index (κ2) is 9.29. The van der Waals surface area contributed by atoms with Gasteiger partial charge in [0.1, 0.15) is 0 Å². The van der Waals surface area contributed by atoms with Gasteiger partial charge < -0.3 is 19.9 Å². The fourth-order valence-corrected chi connectivity index (χ4v) is 3.50. The molecule has 3 aromatic rings. The van der Waals surface area contributed by atoms with Crippen LogP contribution in [0, 0.1) is 0 Å². The summed E-state index contributed by atoms with van der Waals surface area (Å²) in [6, 6.07) is 4.92. The number of hydrogen-bond donors (Lipinski definition) is 2. The van der Waals surface area contributed by atoms with Gasteiger partial charge in [-0.25, -0.2) is 4.98 Å². The Balaban J connectivity index is 1.56. The summed E-state index contributed by atoms with van der Waals surface area (Å²) in [4.78, 5) is 15.9. The van der Waals surface area contributed by atoms with E-state index in [-0.39, 0.29) is 12.0 Å². The highest BCUT2D eigenvalue weighted by Crippen LogP contribution is 2.30. The van der Waals surface area contributed by atoms with Crippen molar-refractivity contribution < 1.29 is 17.9 Å². The average Bonchev–Trinajstić information content (AvgIpc) is 3.19. The van der Waals surface area contributed by atoms with Gasteiger partial charge in [-0.2, -0.15) is 23.1 Å². The number of alkyl halides is 3. The predicted octanol–water partition coefficient (Wildman–Crippen LogP) is 3.91. The molecule has 1 aliphatic heterocycles. The molecule has 0 bridgehead atoms. The molecule has 11 heteroatoms. The van der Waals surface area contributed by atoms with Crippen LogP contribution in [0.25, 0.3) is 11.2 Å². The van der Waals surface area contributed by atoms with Gasteiger partial charge in [0, 0.05) is 37.9 Å². The zero-order chi connectivity index (χ0) is 22.7. The molecule has 2 aromatic heterocycles. The van der Waals surface area contributed by atoms with Gasteiger partial charge in [0.2, 0.25) is 5.95 Å². The van der Waals surface area contributed by atoms with E-state index in [1.165, 1.54) is 12.1 Å². The maximum absolute atomic E-state index is 12.8. The third-order valence-corrected chi connectivity index (χ3v) is 5.27. The number of ether oxygens (including phenoxy) is 1. The van der Waals surface area contributed by atoms with E-state index in [1.54, 1.807) is 6.33 Å². The molecule has 1 aromatic carbocycles. The number of rotatable bonds is 7. The molecule has 0 amide bonds. The van der Waals surface area contributed by atoms with Gasteiger partial charge in [-0.1, -0.05) is 0 Å². The molecule has 0 radical (unpaired) electrons. The molecule has 8 nitrogen and oxygen atoms in total. The molecular formula is C21H26F3N7O. The molecule has 1 saturated heterocycles. The van der Waals surface area contributed by atoms with Crippen LogP contribution in [0.5, 0.6) is 0 Å². The lowest BCUT2D eigenvalue weighted by Gasteiger charge is -2.26. The number of imidazole rings is 1. The molecule has 3 heterocycles. The van der Waals surface area contributed by atoms with Crippen molar-refractivity contribution in [3.05, 3.63) is 36.2 Å². The number of aromatic nitrogens is 4. The van der Waals surface area contributed by atoms with Gasteiger partial charge in [0.25, 0.3) is 0 Å². The number of benzene rings is 1. The van der Waals surface area contributed by atoms with Gasteiger partial charge in [-0.3, -0.25) is 4.90 Å². The van der Waals surface area contributed by atoms with E-state index in [0.717, 1.165) is 45.0 Å². The molecule has 32 heavy (non-hydrogen) atoms. The first-order chi connectivity index (χ1) is 15.3. The summed E-state index contributed by atoms with van der Waals surface area (Å²) in [5, 5.41) is 6.36. The summed E-state index contributed by atoms with van der Waals surface area (Å²) < 4.78 is 45.8. The molecule has 0 aliphatic carbocycles. The van der Waals surface area contributed by atoms with E-state index in [9.17, 15) is 13.2 Å². The second-order valence-electron chi connectivity index (χ2n) is 7.89. The Labute approximate surface area is 183 Å². The lowest BCUT2D eigenvalue weighted by atomic mass is 10.2. The number of nitrogens with one attached hydrogen (secondary N) is 2. The Bertz CT molecular complexity index is 1040. The molecule has 0 unspecified atom stereocenters. The maximum Gasteiger partial charge on any atom is 0.416 e. The first-order valence-electron chi connectivity index (χ1n) is 10.5. The van der Waals surface area contributed by atoms with Crippen molar-refractivity contribution in [3.63, 3.8) is 0 Å². The summed E-state index contributed by atoms with van der Waals surface area (Å²) in [6.45, 7) is 8.81. The van der Waals surface area contributed by atoms with Crippen molar-refractivity contribution >= 4 is 28.6 Å². The lowest BCUT2D eigenvalue weighted by Crippen LogP contribution is -2.39. The molecule has 1 fully saturated rings. The van der Waals surface area contributed by atoms with Gasteiger partial charge in [-0.15, -0.1) is 0 Å². The Morgan fingerprint density at radius 3 is 2.47 bits per heavy atom. The Morgan fingerprint density at radius 1 is 1.09 bits per heavy atom. The molecule has 4 rings (SSSR count). The fraction of sp³-hybridized carbons (Fsp3) is 0.476. The van der Waals surface area contributed by atoms with Gasteiger partial charge in [-0.05, 0) is 38.1 Å². The Morgan fingerprint density at radius 2 is 1.81 bits per heavy atom. The van der Waals surface area contributed by atoms with E-state index < -0.39 is 11.7 Å². The fourth-order valence-electron chi connectivity index (χ4n) is 3.50. The summed E-state index contributed by atoms with van der Waals surface area (Å²) >= 11 is 0. The van der Waals surface area contributed by atoms with Crippen molar-refractivity contribution in [2.24, 2.45) is 0 Å². The summed E-state index contributed by atoms with van der Waals surface area (Å²) in [7, 11) is 0. The highest BCUT2D eigenvalue weighted by Gasteiger charge is 2.30. The van der Waals surface area contributed by atoms with Crippen molar-refractivity contribution in [1.82, 2.24) is 24.4 Å². The quantitative estimate of drug-likeness (QED) is 0.566. The van der Waals surface area contributed by atoms with Gasteiger partial charge in [0.05, 0.1) is 25.1 Å². The summed E-state index contributed by atoms with van der Waals surface area (Å²) in [6.07, 6.45) is -2.66. The van der Waals surface area contributed by atoms with E-state index in [1.807, 2.05) is 18.4 Å². The highest BCUT2D eigenvalue weighted by atomic mass is 19.4. The molecule has 2 N–H and O–H groups in total. The van der Waals surface area contributed by atoms with Crippen LogP contribution in [-0.2, 0) is 10.9 Å². The second-order valence-corrected chi connectivity index (χ2v) is 7.89. The van der Waals surface area contributed by atoms with Crippen LogP contribution in [-0.4, -0.2) is 63.8 Å². The normalized spacial score (nSPS) is 15.4. The Hall–Kier alpha value is -2.92. The van der Waals surface area contributed by atoms with E-state index in [2.05, 4.69) is 30.5 Å². The van der Waals surface area contributed by atoms with Crippen LogP contribution in [0.2, 0.25) is 0 Å². The summed E-state index contributed by atoms with van der Waals surface area (Å²) in [5.41, 5.74) is 1.06. The largest absolute Gasteiger partial charge is 0.416 e. The first kappa shape index (κ1) is 22.3. The van der Waals surface area contributed by atoms with E-state index in [0.29, 0.717) is 29.2 Å². The zero-order valence-electron chi connectivity index (χ0n) is 18.0. The maximum atomic E-state index is 12.8. The summed E-state index contributed by atoms with van der Waals surface area (Å²) in [5.74, 6) is 0.866. The third-order valence-electron chi connectivity index (χ3n) is 5.27. The number of nitrogens with zero attached hydrogens (tertiary/aromatic N) is 5.